The third-order valence-electron chi connectivity index (χ3n) is 3.42. The Morgan fingerprint density at radius 1 is 1.56 bits per heavy atom. The Morgan fingerprint density at radius 3 is 2.89 bits per heavy atom. The van der Waals surface area contributed by atoms with E-state index in [1.54, 1.807) is 0 Å². The Kier molecular flexibility index (Phi) is 6.07. The Balaban J connectivity index is 2.25. The second kappa shape index (κ2) is 7.33. The fraction of sp³-hybridized carbons (Fsp3) is 0.833. The molecule has 2 unspecified atom stereocenters. The predicted molar refractivity (Wildman–Crippen MR) is 68.1 cm³/mol. The Bertz CT molecular complexity index is 296. The maximum atomic E-state index is 11.7. The van der Waals surface area contributed by atoms with Gasteiger partial charge >= 0.3 is 5.97 Å². The summed E-state index contributed by atoms with van der Waals surface area (Å²) in [6, 6.07) is -0.330. The van der Waals surface area contributed by atoms with Crippen LogP contribution in [0.1, 0.15) is 32.6 Å². The average molecular weight is 257 g/mol. The van der Waals surface area contributed by atoms with Crippen molar-refractivity contribution in [3.8, 4) is 0 Å². The van der Waals surface area contributed by atoms with Gasteiger partial charge < -0.3 is 16.2 Å². The van der Waals surface area contributed by atoms with Crippen LogP contribution < -0.4 is 11.1 Å². The molecule has 1 heterocycles. The van der Waals surface area contributed by atoms with Gasteiger partial charge in [-0.2, -0.15) is 0 Å². The number of nitrogens with zero attached hydrogens (tertiary/aromatic N) is 1. The predicted octanol–water partition coefficient (Wildman–Crippen LogP) is -0.221. The van der Waals surface area contributed by atoms with Crippen molar-refractivity contribution in [1.82, 2.24) is 10.2 Å². The second-order valence-electron chi connectivity index (χ2n) is 4.71. The number of carboxylic acids is 1. The number of rotatable bonds is 7. The van der Waals surface area contributed by atoms with E-state index in [0.717, 1.165) is 19.5 Å². The molecular formula is C12H23N3O3. The molecule has 0 aromatic rings. The minimum atomic E-state index is -0.925. The maximum absolute atomic E-state index is 11.7. The van der Waals surface area contributed by atoms with Crippen LogP contribution in [0.15, 0.2) is 0 Å². The minimum absolute atomic E-state index is 0.0703. The number of carboxylic acid groups (broad SMARTS) is 1. The van der Waals surface area contributed by atoms with Gasteiger partial charge in [0, 0.05) is 19.0 Å². The van der Waals surface area contributed by atoms with Crippen molar-refractivity contribution in [2.24, 2.45) is 5.73 Å². The normalized spacial score (nSPS) is 21.8. The second-order valence-corrected chi connectivity index (χ2v) is 4.71. The van der Waals surface area contributed by atoms with Gasteiger partial charge in [-0.05, 0) is 32.4 Å². The summed E-state index contributed by atoms with van der Waals surface area (Å²) in [6.07, 6.45) is 2.38. The molecule has 18 heavy (non-hydrogen) atoms. The van der Waals surface area contributed by atoms with Crippen molar-refractivity contribution >= 4 is 11.9 Å². The first-order valence-corrected chi connectivity index (χ1v) is 6.53. The van der Waals surface area contributed by atoms with E-state index in [1.807, 2.05) is 0 Å². The van der Waals surface area contributed by atoms with Gasteiger partial charge in [-0.15, -0.1) is 0 Å². The van der Waals surface area contributed by atoms with E-state index < -0.39 is 12.0 Å². The van der Waals surface area contributed by atoms with Crippen molar-refractivity contribution in [2.45, 2.75) is 44.7 Å². The zero-order valence-corrected chi connectivity index (χ0v) is 10.9. The van der Waals surface area contributed by atoms with Gasteiger partial charge in [0.25, 0.3) is 0 Å². The van der Waals surface area contributed by atoms with Gasteiger partial charge in [0.05, 0.1) is 6.04 Å². The van der Waals surface area contributed by atoms with Gasteiger partial charge in [-0.3, -0.25) is 14.5 Å². The summed E-state index contributed by atoms with van der Waals surface area (Å²) >= 11 is 0. The molecule has 0 radical (unpaired) electrons. The standard InChI is InChI=1S/C12H23N3O3/c1-2-15-7-3-4-9(15)8-14-12(18)10(13)5-6-11(16)17/h9-10H,2-8,13H2,1H3,(H,14,18)(H,16,17). The average Bonchev–Trinajstić information content (AvgIpc) is 2.80. The number of carbonyl (C=O) groups is 2. The molecule has 1 amide bonds. The van der Waals surface area contributed by atoms with Crippen LogP contribution in [0.3, 0.4) is 0 Å². The number of nitrogens with two attached hydrogens (primary N) is 1. The van der Waals surface area contributed by atoms with E-state index in [-0.39, 0.29) is 18.7 Å². The lowest BCUT2D eigenvalue weighted by Gasteiger charge is -2.23. The highest BCUT2D eigenvalue weighted by Crippen LogP contribution is 2.15. The van der Waals surface area contributed by atoms with Crippen LogP contribution in [0.25, 0.3) is 0 Å². The van der Waals surface area contributed by atoms with Crippen molar-refractivity contribution in [3.63, 3.8) is 0 Å². The Labute approximate surface area is 108 Å². The summed E-state index contributed by atoms with van der Waals surface area (Å²) in [5, 5.41) is 11.3. The first kappa shape index (κ1) is 14.9. The molecule has 0 spiro atoms. The summed E-state index contributed by atoms with van der Waals surface area (Å²) in [5.41, 5.74) is 5.63. The molecule has 2 atom stereocenters. The molecule has 1 aliphatic heterocycles. The lowest BCUT2D eigenvalue weighted by atomic mass is 10.1. The topological polar surface area (TPSA) is 95.7 Å². The van der Waals surface area contributed by atoms with E-state index in [2.05, 4.69) is 17.1 Å². The smallest absolute Gasteiger partial charge is 0.303 e. The summed E-state index contributed by atoms with van der Waals surface area (Å²) in [6.45, 7) is 4.79. The maximum Gasteiger partial charge on any atom is 0.303 e. The van der Waals surface area contributed by atoms with Crippen molar-refractivity contribution in [2.75, 3.05) is 19.6 Å². The van der Waals surface area contributed by atoms with Gasteiger partial charge in [-0.1, -0.05) is 6.92 Å². The zero-order valence-electron chi connectivity index (χ0n) is 10.9. The molecule has 6 heteroatoms. The van der Waals surface area contributed by atoms with Crippen molar-refractivity contribution < 1.29 is 14.7 Å². The molecule has 104 valence electrons. The fourth-order valence-electron chi connectivity index (χ4n) is 2.30. The van der Waals surface area contributed by atoms with Gasteiger partial charge in [0.15, 0.2) is 0 Å². The monoisotopic (exact) mass is 257 g/mol. The Morgan fingerprint density at radius 2 is 2.28 bits per heavy atom. The minimum Gasteiger partial charge on any atom is -0.481 e. The van der Waals surface area contributed by atoms with Gasteiger partial charge in [-0.25, -0.2) is 0 Å². The highest BCUT2D eigenvalue weighted by Gasteiger charge is 2.24. The molecular weight excluding hydrogens is 234 g/mol. The number of carbonyl (C=O) groups excluding carboxylic acids is 1. The molecule has 0 aliphatic carbocycles. The summed E-state index contributed by atoms with van der Waals surface area (Å²) in [5.74, 6) is -1.18. The van der Waals surface area contributed by atoms with Gasteiger partial charge in [0.2, 0.25) is 5.91 Å². The van der Waals surface area contributed by atoms with Crippen LogP contribution in [0.4, 0.5) is 0 Å². The summed E-state index contributed by atoms with van der Waals surface area (Å²) < 4.78 is 0. The Hall–Kier alpha value is -1.14. The number of hydrogen-bond acceptors (Lipinski definition) is 4. The molecule has 1 rings (SSSR count). The fourth-order valence-corrected chi connectivity index (χ4v) is 2.30. The third kappa shape index (κ3) is 4.62. The van der Waals surface area contributed by atoms with Gasteiger partial charge in [0.1, 0.15) is 0 Å². The SMILES string of the molecule is CCN1CCCC1CNC(=O)C(N)CCC(=O)O. The quantitative estimate of drug-likeness (QED) is 0.586. The number of likely N-dealkylation sites (tertiary alicyclic amines) is 1. The lowest BCUT2D eigenvalue weighted by molar-refractivity contribution is -0.137. The number of likely N-dealkylation sites (N-methyl/N-ethyl adjacent to an activating group) is 1. The number of hydrogen-bond donors (Lipinski definition) is 3. The summed E-state index contributed by atoms with van der Waals surface area (Å²) in [7, 11) is 0. The number of aliphatic carboxylic acids is 1. The van der Waals surface area contributed by atoms with E-state index in [4.69, 9.17) is 10.8 Å². The van der Waals surface area contributed by atoms with E-state index >= 15 is 0 Å². The lowest BCUT2D eigenvalue weighted by Crippen LogP contribution is -2.46. The highest BCUT2D eigenvalue weighted by molar-refractivity contribution is 5.82. The third-order valence-corrected chi connectivity index (χ3v) is 3.42. The largest absolute Gasteiger partial charge is 0.481 e. The van der Waals surface area contributed by atoms with Crippen LogP contribution in [0.2, 0.25) is 0 Å². The molecule has 6 nitrogen and oxygen atoms in total. The summed E-state index contributed by atoms with van der Waals surface area (Å²) in [4.78, 5) is 24.4. The molecule has 1 aliphatic rings. The van der Waals surface area contributed by atoms with E-state index in [0.29, 0.717) is 12.6 Å². The van der Waals surface area contributed by atoms with Crippen LogP contribution in [-0.4, -0.2) is 53.6 Å². The van der Waals surface area contributed by atoms with E-state index in [1.165, 1.54) is 6.42 Å². The van der Waals surface area contributed by atoms with E-state index in [9.17, 15) is 9.59 Å². The van der Waals surface area contributed by atoms with Crippen LogP contribution in [0, 0.1) is 0 Å². The van der Waals surface area contributed by atoms with Crippen LogP contribution >= 0.6 is 0 Å². The first-order chi connectivity index (χ1) is 8.54. The molecule has 0 bridgehead atoms. The van der Waals surface area contributed by atoms with Crippen LogP contribution in [0.5, 0.6) is 0 Å². The zero-order chi connectivity index (χ0) is 13.5. The molecule has 0 aromatic carbocycles. The molecule has 0 saturated carbocycles. The number of amides is 1. The molecule has 4 N–H and O–H groups in total. The number of nitrogens with one attached hydrogen (secondary N) is 1. The molecule has 0 aromatic heterocycles. The highest BCUT2D eigenvalue weighted by atomic mass is 16.4. The van der Waals surface area contributed by atoms with Crippen molar-refractivity contribution in [1.29, 1.82) is 0 Å². The van der Waals surface area contributed by atoms with Crippen molar-refractivity contribution in [3.05, 3.63) is 0 Å². The molecule has 1 saturated heterocycles. The molecule has 1 fully saturated rings. The first-order valence-electron chi connectivity index (χ1n) is 6.53. The van der Waals surface area contributed by atoms with Crippen LogP contribution in [-0.2, 0) is 9.59 Å².